The van der Waals surface area contributed by atoms with Crippen LogP contribution in [0, 0.1) is 13.8 Å². The number of aryl methyl sites for hydroxylation is 2. The predicted molar refractivity (Wildman–Crippen MR) is 67.1 cm³/mol. The molecule has 2 heterocycles. The molecule has 0 aromatic carbocycles. The molecule has 0 saturated heterocycles. The summed E-state index contributed by atoms with van der Waals surface area (Å²) in [5.74, 6) is -0.0273. The summed E-state index contributed by atoms with van der Waals surface area (Å²) < 4.78 is 0. The third-order valence-corrected chi connectivity index (χ3v) is 4.16. The van der Waals surface area contributed by atoms with Crippen LogP contribution in [0.3, 0.4) is 0 Å². The molecule has 0 bridgehead atoms. The SMILES string of the molecule is Cc1nc(CNC(=O)c2cccs2)sc1C. The van der Waals surface area contributed by atoms with Gasteiger partial charge in [0, 0.05) is 4.88 Å². The van der Waals surface area contributed by atoms with E-state index in [0.717, 1.165) is 15.6 Å². The van der Waals surface area contributed by atoms with Crippen molar-refractivity contribution in [2.75, 3.05) is 0 Å². The van der Waals surface area contributed by atoms with E-state index < -0.39 is 0 Å². The molecule has 0 radical (unpaired) electrons. The number of carbonyl (C=O) groups excluding carboxylic acids is 1. The lowest BCUT2D eigenvalue weighted by atomic mass is 10.4. The lowest BCUT2D eigenvalue weighted by Crippen LogP contribution is -2.21. The van der Waals surface area contributed by atoms with Crippen LogP contribution < -0.4 is 5.32 Å². The number of thiazole rings is 1. The Labute approximate surface area is 102 Å². The van der Waals surface area contributed by atoms with Crippen molar-refractivity contribution in [3.8, 4) is 0 Å². The van der Waals surface area contributed by atoms with Crippen molar-refractivity contribution >= 4 is 28.6 Å². The van der Waals surface area contributed by atoms with Crippen LogP contribution in [0.5, 0.6) is 0 Å². The van der Waals surface area contributed by atoms with Crippen LogP contribution in [0.15, 0.2) is 17.5 Å². The van der Waals surface area contributed by atoms with Gasteiger partial charge in [-0.25, -0.2) is 4.98 Å². The van der Waals surface area contributed by atoms with Gasteiger partial charge in [-0.2, -0.15) is 0 Å². The summed E-state index contributed by atoms with van der Waals surface area (Å²) in [5.41, 5.74) is 1.05. The number of thiophene rings is 1. The first-order chi connectivity index (χ1) is 7.66. The Morgan fingerprint density at radius 1 is 1.50 bits per heavy atom. The van der Waals surface area contributed by atoms with Gasteiger partial charge >= 0.3 is 0 Å². The van der Waals surface area contributed by atoms with Crippen molar-refractivity contribution in [3.05, 3.63) is 38.0 Å². The molecule has 84 valence electrons. The first-order valence-corrected chi connectivity index (χ1v) is 6.61. The van der Waals surface area contributed by atoms with Gasteiger partial charge in [-0.15, -0.1) is 22.7 Å². The summed E-state index contributed by atoms with van der Waals surface area (Å²) in [7, 11) is 0. The monoisotopic (exact) mass is 252 g/mol. The number of carbonyl (C=O) groups is 1. The van der Waals surface area contributed by atoms with Crippen LogP contribution in [0.25, 0.3) is 0 Å². The molecular weight excluding hydrogens is 240 g/mol. The van der Waals surface area contributed by atoms with E-state index in [-0.39, 0.29) is 5.91 Å². The van der Waals surface area contributed by atoms with Gasteiger partial charge < -0.3 is 5.32 Å². The molecule has 0 fully saturated rings. The van der Waals surface area contributed by atoms with Crippen molar-refractivity contribution in [1.82, 2.24) is 10.3 Å². The Bertz CT molecular complexity index is 469. The fourth-order valence-electron chi connectivity index (χ4n) is 1.27. The van der Waals surface area contributed by atoms with Gasteiger partial charge in [0.1, 0.15) is 5.01 Å². The van der Waals surface area contributed by atoms with Crippen molar-refractivity contribution < 1.29 is 4.79 Å². The van der Waals surface area contributed by atoms with E-state index in [9.17, 15) is 4.79 Å². The quantitative estimate of drug-likeness (QED) is 0.912. The molecule has 1 amide bonds. The van der Waals surface area contributed by atoms with E-state index in [2.05, 4.69) is 10.3 Å². The zero-order chi connectivity index (χ0) is 11.5. The number of rotatable bonds is 3. The molecule has 0 atom stereocenters. The van der Waals surface area contributed by atoms with Crippen LogP contribution in [-0.4, -0.2) is 10.9 Å². The third-order valence-electron chi connectivity index (χ3n) is 2.22. The highest BCUT2D eigenvalue weighted by molar-refractivity contribution is 7.12. The number of amides is 1. The molecule has 2 aromatic rings. The van der Waals surface area contributed by atoms with Gasteiger partial charge in [-0.3, -0.25) is 4.79 Å². The molecule has 2 rings (SSSR count). The minimum absolute atomic E-state index is 0.0273. The maximum atomic E-state index is 11.6. The second kappa shape index (κ2) is 4.76. The van der Waals surface area contributed by atoms with Gasteiger partial charge in [0.25, 0.3) is 5.91 Å². The fraction of sp³-hybridized carbons (Fsp3) is 0.273. The highest BCUT2D eigenvalue weighted by atomic mass is 32.1. The first kappa shape index (κ1) is 11.3. The van der Waals surface area contributed by atoms with E-state index in [0.29, 0.717) is 6.54 Å². The Balaban J connectivity index is 1.95. The van der Waals surface area contributed by atoms with Crippen LogP contribution in [0.4, 0.5) is 0 Å². The molecule has 0 aliphatic rings. The van der Waals surface area contributed by atoms with E-state index >= 15 is 0 Å². The fourth-order valence-corrected chi connectivity index (χ4v) is 2.78. The van der Waals surface area contributed by atoms with E-state index in [4.69, 9.17) is 0 Å². The van der Waals surface area contributed by atoms with E-state index in [1.54, 1.807) is 11.3 Å². The Morgan fingerprint density at radius 2 is 2.31 bits per heavy atom. The minimum atomic E-state index is -0.0273. The summed E-state index contributed by atoms with van der Waals surface area (Å²) >= 11 is 3.08. The molecule has 3 nitrogen and oxygen atoms in total. The zero-order valence-corrected chi connectivity index (χ0v) is 10.7. The lowest BCUT2D eigenvalue weighted by molar-refractivity contribution is 0.0955. The summed E-state index contributed by atoms with van der Waals surface area (Å²) in [4.78, 5) is 18.0. The van der Waals surface area contributed by atoms with Gasteiger partial charge in [0.2, 0.25) is 0 Å². The minimum Gasteiger partial charge on any atom is -0.345 e. The molecule has 0 unspecified atom stereocenters. The number of nitrogens with zero attached hydrogens (tertiary/aromatic N) is 1. The van der Waals surface area contributed by atoms with Gasteiger partial charge in [-0.1, -0.05) is 6.07 Å². The molecule has 0 saturated carbocycles. The average Bonchev–Trinajstić information content (AvgIpc) is 2.86. The smallest absolute Gasteiger partial charge is 0.261 e. The molecule has 0 aliphatic heterocycles. The summed E-state index contributed by atoms with van der Waals surface area (Å²) in [6.07, 6.45) is 0. The van der Waals surface area contributed by atoms with Crippen molar-refractivity contribution in [3.63, 3.8) is 0 Å². The van der Waals surface area contributed by atoms with Crippen LogP contribution in [0.1, 0.15) is 25.3 Å². The molecule has 16 heavy (non-hydrogen) atoms. The molecule has 5 heteroatoms. The molecule has 0 aliphatic carbocycles. The standard InChI is InChI=1S/C11H12N2OS2/c1-7-8(2)16-10(13-7)6-12-11(14)9-4-3-5-15-9/h3-5H,6H2,1-2H3,(H,12,14). The first-order valence-electron chi connectivity index (χ1n) is 4.91. The van der Waals surface area contributed by atoms with E-state index in [1.165, 1.54) is 16.2 Å². The van der Waals surface area contributed by atoms with Gasteiger partial charge in [-0.05, 0) is 25.3 Å². The largest absolute Gasteiger partial charge is 0.345 e. The Kier molecular flexibility index (Phi) is 3.36. The molecular formula is C11H12N2OS2. The maximum absolute atomic E-state index is 11.6. The van der Waals surface area contributed by atoms with Gasteiger partial charge in [0.05, 0.1) is 17.1 Å². The molecule has 1 N–H and O–H groups in total. The van der Waals surface area contributed by atoms with Crippen molar-refractivity contribution in [1.29, 1.82) is 0 Å². The summed E-state index contributed by atoms with van der Waals surface area (Å²) in [6.45, 7) is 4.53. The Morgan fingerprint density at radius 3 is 2.88 bits per heavy atom. The Hall–Kier alpha value is -1.20. The number of aromatic nitrogens is 1. The summed E-state index contributed by atoms with van der Waals surface area (Å²) in [5, 5.41) is 5.71. The van der Waals surface area contributed by atoms with Crippen molar-refractivity contribution in [2.45, 2.75) is 20.4 Å². The highest BCUT2D eigenvalue weighted by Crippen LogP contribution is 2.16. The number of nitrogens with one attached hydrogen (secondary N) is 1. The van der Waals surface area contributed by atoms with Crippen LogP contribution in [0.2, 0.25) is 0 Å². The van der Waals surface area contributed by atoms with Crippen LogP contribution in [-0.2, 0) is 6.54 Å². The average molecular weight is 252 g/mol. The second-order valence-corrected chi connectivity index (χ2v) is 5.64. The lowest BCUT2D eigenvalue weighted by Gasteiger charge is -1.99. The maximum Gasteiger partial charge on any atom is 0.261 e. The third kappa shape index (κ3) is 2.48. The zero-order valence-electron chi connectivity index (χ0n) is 9.11. The second-order valence-electron chi connectivity index (χ2n) is 3.41. The normalized spacial score (nSPS) is 10.4. The number of hydrogen-bond acceptors (Lipinski definition) is 4. The summed E-state index contributed by atoms with van der Waals surface area (Å²) in [6, 6.07) is 3.69. The predicted octanol–water partition coefficient (Wildman–Crippen LogP) is 2.75. The molecule has 2 aromatic heterocycles. The topological polar surface area (TPSA) is 42.0 Å². The van der Waals surface area contributed by atoms with E-state index in [1.807, 2.05) is 31.4 Å². The van der Waals surface area contributed by atoms with Crippen LogP contribution >= 0.6 is 22.7 Å². The molecule has 0 spiro atoms. The number of hydrogen-bond donors (Lipinski definition) is 1. The highest BCUT2D eigenvalue weighted by Gasteiger charge is 2.08. The van der Waals surface area contributed by atoms with Crippen molar-refractivity contribution in [2.24, 2.45) is 0 Å². The van der Waals surface area contributed by atoms with Gasteiger partial charge in [0.15, 0.2) is 0 Å².